The topological polar surface area (TPSA) is 21.7 Å². The predicted molar refractivity (Wildman–Crippen MR) is 119 cm³/mol. The van der Waals surface area contributed by atoms with Crippen molar-refractivity contribution in [2.75, 3.05) is 19.1 Å². The van der Waals surface area contributed by atoms with Crippen molar-refractivity contribution in [3.05, 3.63) is 83.9 Å². The van der Waals surface area contributed by atoms with E-state index in [0.717, 1.165) is 17.1 Å². The van der Waals surface area contributed by atoms with E-state index >= 15 is 0 Å². The predicted octanol–water partition coefficient (Wildman–Crippen LogP) is 5.89. The molecule has 3 aromatic carbocycles. The zero-order valence-corrected chi connectivity index (χ0v) is 17.3. The Balaban J connectivity index is 1.65. The second-order valence-corrected chi connectivity index (χ2v) is 8.29. The van der Waals surface area contributed by atoms with Crippen LogP contribution < -0.4 is 14.4 Å². The van der Waals surface area contributed by atoms with E-state index in [9.17, 15) is 0 Å². The molecule has 3 nitrogen and oxygen atoms in total. The molecule has 5 rings (SSSR count). The van der Waals surface area contributed by atoms with Crippen LogP contribution in [0.3, 0.4) is 0 Å². The lowest BCUT2D eigenvalue weighted by Gasteiger charge is -2.46. The Morgan fingerprint density at radius 1 is 0.897 bits per heavy atom. The molecule has 3 heteroatoms. The quantitative estimate of drug-likeness (QED) is 0.551. The molecule has 146 valence electrons. The van der Waals surface area contributed by atoms with E-state index in [-0.39, 0.29) is 5.41 Å². The third kappa shape index (κ3) is 2.37. The van der Waals surface area contributed by atoms with Crippen LogP contribution in [0.4, 0.5) is 5.69 Å². The van der Waals surface area contributed by atoms with Crippen molar-refractivity contribution in [2.24, 2.45) is 0 Å². The number of para-hydroxylation sites is 1. The highest BCUT2D eigenvalue weighted by Gasteiger charge is 2.58. The van der Waals surface area contributed by atoms with Gasteiger partial charge in [-0.15, -0.1) is 0 Å². The lowest BCUT2D eigenvalue weighted by atomic mass is 9.76. The van der Waals surface area contributed by atoms with Crippen LogP contribution in [0.1, 0.15) is 25.0 Å². The third-order valence-electron chi connectivity index (χ3n) is 6.51. The zero-order chi connectivity index (χ0) is 20.2. The first kappa shape index (κ1) is 17.9. The molecule has 2 aliphatic rings. The van der Waals surface area contributed by atoms with Crippen molar-refractivity contribution in [2.45, 2.75) is 25.0 Å². The lowest BCUT2D eigenvalue weighted by molar-refractivity contribution is 0.0552. The minimum absolute atomic E-state index is 0.267. The largest absolute Gasteiger partial charge is 0.493 e. The highest BCUT2D eigenvalue weighted by molar-refractivity contribution is 5.77. The number of anilines is 1. The molecule has 0 fully saturated rings. The maximum Gasteiger partial charge on any atom is 0.212 e. The number of hydrogen-bond donors (Lipinski definition) is 0. The van der Waals surface area contributed by atoms with Gasteiger partial charge in [-0.3, -0.25) is 0 Å². The van der Waals surface area contributed by atoms with Gasteiger partial charge in [0.15, 0.2) is 11.5 Å². The summed E-state index contributed by atoms with van der Waals surface area (Å²) in [5.41, 5.74) is 5.08. The van der Waals surface area contributed by atoms with Crippen LogP contribution in [0.5, 0.6) is 11.5 Å². The van der Waals surface area contributed by atoms with Crippen molar-refractivity contribution >= 4 is 11.8 Å². The number of hydrogen-bond acceptors (Lipinski definition) is 3. The summed E-state index contributed by atoms with van der Waals surface area (Å²) in [4.78, 5) is 2.25. The molecule has 0 saturated heterocycles. The maximum atomic E-state index is 6.77. The molecule has 1 spiro atoms. The third-order valence-corrected chi connectivity index (χ3v) is 6.51. The molecular formula is C26H25NO2. The van der Waals surface area contributed by atoms with Gasteiger partial charge < -0.3 is 14.4 Å². The molecule has 0 saturated carbocycles. The number of rotatable bonds is 2. The summed E-state index contributed by atoms with van der Waals surface area (Å²) < 4.78 is 12.4. The Morgan fingerprint density at radius 2 is 1.69 bits per heavy atom. The molecule has 0 bridgehead atoms. The summed E-state index contributed by atoms with van der Waals surface area (Å²) >= 11 is 0. The fourth-order valence-electron chi connectivity index (χ4n) is 4.77. The van der Waals surface area contributed by atoms with Gasteiger partial charge in [-0.2, -0.15) is 0 Å². The SMILES string of the molecule is COc1cccc2c1OC1(C=C2)N(C)c2ccc(-c3ccccc3)cc2C1(C)C. The van der Waals surface area contributed by atoms with Crippen molar-refractivity contribution in [3.63, 3.8) is 0 Å². The summed E-state index contributed by atoms with van der Waals surface area (Å²) in [7, 11) is 3.80. The van der Waals surface area contributed by atoms with Crippen molar-refractivity contribution in [1.82, 2.24) is 0 Å². The maximum absolute atomic E-state index is 6.77. The summed E-state index contributed by atoms with van der Waals surface area (Å²) in [5, 5.41) is 0. The Labute approximate surface area is 172 Å². The van der Waals surface area contributed by atoms with Gasteiger partial charge in [0.05, 0.1) is 12.5 Å². The molecule has 29 heavy (non-hydrogen) atoms. The normalized spacial score (nSPS) is 20.9. The molecule has 1 atom stereocenters. The molecule has 0 aromatic heterocycles. The zero-order valence-electron chi connectivity index (χ0n) is 17.3. The summed E-state index contributed by atoms with van der Waals surface area (Å²) in [6, 6.07) is 23.2. The van der Waals surface area contributed by atoms with Gasteiger partial charge in [0.25, 0.3) is 0 Å². The molecule has 0 radical (unpaired) electrons. The average Bonchev–Trinajstić information content (AvgIpc) is 2.92. The fraction of sp³-hybridized carbons (Fsp3) is 0.231. The number of fused-ring (bicyclic) bond motifs is 2. The summed E-state index contributed by atoms with van der Waals surface area (Å²) in [5.74, 6) is 1.56. The number of ether oxygens (including phenoxy) is 2. The molecule has 2 heterocycles. The van der Waals surface area contributed by atoms with Crippen molar-refractivity contribution in [1.29, 1.82) is 0 Å². The van der Waals surface area contributed by atoms with E-state index in [1.807, 2.05) is 12.1 Å². The first-order chi connectivity index (χ1) is 14.0. The van der Waals surface area contributed by atoms with Crippen LogP contribution in [0, 0.1) is 0 Å². The van der Waals surface area contributed by atoms with Crippen LogP contribution in [-0.4, -0.2) is 19.9 Å². The molecule has 3 aromatic rings. The van der Waals surface area contributed by atoms with E-state index in [1.54, 1.807) is 7.11 Å². The van der Waals surface area contributed by atoms with Gasteiger partial charge in [-0.25, -0.2) is 0 Å². The van der Waals surface area contributed by atoms with Gasteiger partial charge in [0.2, 0.25) is 5.72 Å². The summed E-state index contributed by atoms with van der Waals surface area (Å²) in [6.45, 7) is 4.52. The summed E-state index contributed by atoms with van der Waals surface area (Å²) in [6.07, 6.45) is 4.35. The monoisotopic (exact) mass is 383 g/mol. The van der Waals surface area contributed by atoms with Crippen molar-refractivity contribution < 1.29 is 9.47 Å². The number of benzene rings is 3. The molecule has 1 unspecified atom stereocenters. The van der Waals surface area contributed by atoms with E-state index < -0.39 is 5.72 Å². The van der Waals surface area contributed by atoms with Crippen LogP contribution >= 0.6 is 0 Å². The van der Waals surface area contributed by atoms with Gasteiger partial charge >= 0.3 is 0 Å². The van der Waals surface area contributed by atoms with Gasteiger partial charge in [-0.1, -0.05) is 48.5 Å². The lowest BCUT2D eigenvalue weighted by Crippen LogP contribution is -2.58. The van der Waals surface area contributed by atoms with Crippen LogP contribution in [0.2, 0.25) is 0 Å². The number of methoxy groups -OCH3 is 1. The smallest absolute Gasteiger partial charge is 0.212 e. The van der Waals surface area contributed by atoms with Crippen LogP contribution in [0.15, 0.2) is 72.8 Å². The van der Waals surface area contributed by atoms with E-state index in [0.29, 0.717) is 0 Å². The molecule has 0 aliphatic carbocycles. The second-order valence-electron chi connectivity index (χ2n) is 8.29. The first-order valence-corrected chi connectivity index (χ1v) is 9.97. The molecule has 2 aliphatic heterocycles. The minimum atomic E-state index is -0.619. The highest BCUT2D eigenvalue weighted by Crippen LogP contribution is 2.55. The Hall–Kier alpha value is -3.20. The second kappa shape index (κ2) is 6.15. The van der Waals surface area contributed by atoms with E-state index in [4.69, 9.17) is 9.47 Å². The molecular weight excluding hydrogens is 358 g/mol. The standard InChI is InChI=1S/C26H25NO2/c1-25(2)21-17-20(18-9-6-5-7-10-18)13-14-22(21)27(3)26(25)16-15-19-11-8-12-23(28-4)24(19)29-26/h5-17H,1-4H3. The number of likely N-dealkylation sites (N-methyl/N-ethyl adjacent to an activating group) is 1. The van der Waals surface area contributed by atoms with Crippen molar-refractivity contribution in [3.8, 4) is 22.6 Å². The fourth-order valence-corrected chi connectivity index (χ4v) is 4.77. The number of nitrogens with zero attached hydrogens (tertiary/aromatic N) is 1. The Bertz CT molecular complexity index is 1120. The van der Waals surface area contributed by atoms with Gasteiger partial charge in [-0.05, 0) is 60.9 Å². The Kier molecular flexibility index (Phi) is 3.79. The van der Waals surface area contributed by atoms with Crippen LogP contribution in [-0.2, 0) is 5.41 Å². The average molecular weight is 383 g/mol. The molecule has 0 N–H and O–H groups in total. The van der Waals surface area contributed by atoms with Gasteiger partial charge in [0.1, 0.15) is 0 Å². The van der Waals surface area contributed by atoms with Crippen LogP contribution in [0.25, 0.3) is 17.2 Å². The van der Waals surface area contributed by atoms with Gasteiger partial charge in [0, 0.05) is 18.3 Å². The highest BCUT2D eigenvalue weighted by atomic mass is 16.5. The Morgan fingerprint density at radius 3 is 2.45 bits per heavy atom. The van der Waals surface area contributed by atoms with E-state index in [1.165, 1.54) is 22.4 Å². The minimum Gasteiger partial charge on any atom is -0.493 e. The molecule has 0 amide bonds. The van der Waals surface area contributed by atoms with E-state index in [2.05, 4.69) is 92.5 Å². The first-order valence-electron chi connectivity index (χ1n) is 9.97.